The Morgan fingerprint density at radius 2 is 1.83 bits per heavy atom. The zero-order chi connectivity index (χ0) is 16.5. The number of para-hydroxylation sites is 1. The molecule has 0 fully saturated rings. The lowest BCUT2D eigenvalue weighted by Crippen LogP contribution is -2.24. The summed E-state index contributed by atoms with van der Waals surface area (Å²) in [5.74, 6) is 1.45. The highest BCUT2D eigenvalue weighted by Gasteiger charge is 2.01. The van der Waals surface area contributed by atoms with Crippen molar-refractivity contribution in [3.05, 3.63) is 59.7 Å². The van der Waals surface area contributed by atoms with Gasteiger partial charge in [-0.2, -0.15) is 5.10 Å². The van der Waals surface area contributed by atoms with E-state index in [-0.39, 0.29) is 0 Å². The van der Waals surface area contributed by atoms with Crippen molar-refractivity contribution in [3.63, 3.8) is 0 Å². The van der Waals surface area contributed by atoms with Crippen molar-refractivity contribution in [1.82, 2.24) is 5.43 Å². The molecule has 0 atom stereocenters. The van der Waals surface area contributed by atoms with Crippen molar-refractivity contribution in [3.8, 4) is 11.5 Å². The van der Waals surface area contributed by atoms with Gasteiger partial charge in [0.05, 0.1) is 6.21 Å². The SMILES string of the molecule is Cc1ccc(OCCOc2ccccc2/C=N\NC(N)=O)cc1. The van der Waals surface area contributed by atoms with Gasteiger partial charge in [-0.1, -0.05) is 29.8 Å². The zero-order valence-electron chi connectivity index (χ0n) is 12.9. The molecule has 6 heteroatoms. The summed E-state index contributed by atoms with van der Waals surface area (Å²) < 4.78 is 11.3. The van der Waals surface area contributed by atoms with Crippen LogP contribution in [0.4, 0.5) is 4.79 Å². The Balaban J connectivity index is 1.84. The average molecular weight is 313 g/mol. The molecule has 0 bridgehead atoms. The molecule has 0 aliphatic heterocycles. The van der Waals surface area contributed by atoms with Gasteiger partial charge in [0.15, 0.2) is 0 Å². The second-order valence-corrected chi connectivity index (χ2v) is 4.78. The van der Waals surface area contributed by atoms with Gasteiger partial charge in [0, 0.05) is 5.56 Å². The number of carbonyl (C=O) groups is 1. The number of rotatable bonds is 7. The second kappa shape index (κ2) is 8.43. The second-order valence-electron chi connectivity index (χ2n) is 4.78. The average Bonchev–Trinajstić information content (AvgIpc) is 2.54. The van der Waals surface area contributed by atoms with Crippen LogP contribution >= 0.6 is 0 Å². The molecule has 0 aliphatic rings. The summed E-state index contributed by atoms with van der Waals surface area (Å²) in [5, 5.41) is 3.73. The van der Waals surface area contributed by atoms with Crippen LogP contribution in [-0.4, -0.2) is 25.5 Å². The fourth-order valence-corrected chi connectivity index (χ4v) is 1.83. The van der Waals surface area contributed by atoms with Crippen LogP contribution in [-0.2, 0) is 0 Å². The number of aryl methyl sites for hydroxylation is 1. The molecule has 23 heavy (non-hydrogen) atoms. The molecule has 0 radical (unpaired) electrons. The molecule has 6 nitrogen and oxygen atoms in total. The molecule has 2 aromatic carbocycles. The number of nitrogens with zero attached hydrogens (tertiary/aromatic N) is 1. The number of amides is 2. The molecule has 3 N–H and O–H groups in total. The van der Waals surface area contributed by atoms with E-state index in [0.717, 1.165) is 11.3 Å². The Kier molecular flexibility index (Phi) is 5.99. The highest BCUT2D eigenvalue weighted by molar-refractivity contribution is 5.84. The van der Waals surface area contributed by atoms with Gasteiger partial charge in [-0.3, -0.25) is 0 Å². The summed E-state index contributed by atoms with van der Waals surface area (Å²) in [6, 6.07) is 14.5. The molecule has 2 aromatic rings. The van der Waals surface area contributed by atoms with Gasteiger partial charge in [0.25, 0.3) is 0 Å². The minimum atomic E-state index is -0.717. The Labute approximate surface area is 134 Å². The molecule has 0 saturated heterocycles. The molecular weight excluding hydrogens is 294 g/mol. The highest BCUT2D eigenvalue weighted by Crippen LogP contribution is 2.16. The number of urea groups is 1. The van der Waals surface area contributed by atoms with Crippen LogP contribution in [0.3, 0.4) is 0 Å². The molecule has 2 rings (SSSR count). The fourth-order valence-electron chi connectivity index (χ4n) is 1.83. The first kappa shape index (κ1) is 16.4. The standard InChI is InChI=1S/C17H19N3O3/c1-13-6-8-15(9-7-13)22-10-11-23-16-5-3-2-4-14(16)12-19-20-17(18)21/h2-9,12H,10-11H2,1H3,(H3,18,20,21)/b19-12-. The van der Waals surface area contributed by atoms with E-state index >= 15 is 0 Å². The molecule has 0 aromatic heterocycles. The number of carbonyl (C=O) groups excluding carboxylic acids is 1. The third-order valence-corrected chi connectivity index (χ3v) is 2.93. The van der Waals surface area contributed by atoms with Crippen LogP contribution in [0.2, 0.25) is 0 Å². The van der Waals surface area contributed by atoms with Crippen LogP contribution in [0.5, 0.6) is 11.5 Å². The van der Waals surface area contributed by atoms with E-state index in [1.807, 2.05) is 55.5 Å². The number of ether oxygens (including phenoxy) is 2. The summed E-state index contributed by atoms with van der Waals surface area (Å²) in [7, 11) is 0. The van der Waals surface area contributed by atoms with Gasteiger partial charge >= 0.3 is 6.03 Å². The number of hydrogen-bond donors (Lipinski definition) is 2. The minimum absolute atomic E-state index is 0.391. The van der Waals surface area contributed by atoms with Gasteiger partial charge in [0.1, 0.15) is 24.7 Å². The van der Waals surface area contributed by atoms with E-state index in [0.29, 0.717) is 19.0 Å². The largest absolute Gasteiger partial charge is 0.490 e. The number of hydrogen-bond acceptors (Lipinski definition) is 4. The molecular formula is C17H19N3O3. The Morgan fingerprint density at radius 3 is 2.57 bits per heavy atom. The highest BCUT2D eigenvalue weighted by atomic mass is 16.5. The first-order chi connectivity index (χ1) is 11.1. The lowest BCUT2D eigenvalue weighted by atomic mass is 10.2. The third-order valence-electron chi connectivity index (χ3n) is 2.93. The van der Waals surface area contributed by atoms with Gasteiger partial charge in [0.2, 0.25) is 0 Å². The summed E-state index contributed by atoms with van der Waals surface area (Å²) in [6.07, 6.45) is 1.47. The monoisotopic (exact) mass is 313 g/mol. The molecule has 0 heterocycles. The van der Waals surface area contributed by atoms with Gasteiger partial charge in [-0.15, -0.1) is 0 Å². The molecule has 0 unspecified atom stereocenters. The van der Waals surface area contributed by atoms with Gasteiger partial charge < -0.3 is 15.2 Å². The van der Waals surface area contributed by atoms with E-state index in [1.54, 1.807) is 0 Å². The summed E-state index contributed by atoms with van der Waals surface area (Å²) in [5.41, 5.74) is 9.01. The van der Waals surface area contributed by atoms with E-state index in [2.05, 4.69) is 10.5 Å². The molecule has 0 aliphatic carbocycles. The first-order valence-corrected chi connectivity index (χ1v) is 7.15. The number of hydrazone groups is 1. The smallest absolute Gasteiger partial charge is 0.332 e. The van der Waals surface area contributed by atoms with E-state index in [9.17, 15) is 4.79 Å². The topological polar surface area (TPSA) is 85.9 Å². The quantitative estimate of drug-likeness (QED) is 0.468. The van der Waals surface area contributed by atoms with Crippen LogP contribution in [0, 0.1) is 6.92 Å². The lowest BCUT2D eigenvalue weighted by molar-refractivity contribution is 0.217. The van der Waals surface area contributed by atoms with Crippen molar-refractivity contribution in [2.24, 2.45) is 10.8 Å². The third kappa shape index (κ3) is 5.70. The predicted octanol–water partition coefficient (Wildman–Crippen LogP) is 2.46. The van der Waals surface area contributed by atoms with Crippen molar-refractivity contribution >= 4 is 12.2 Å². The number of benzene rings is 2. The van der Waals surface area contributed by atoms with Crippen LogP contribution < -0.4 is 20.6 Å². The number of nitrogens with one attached hydrogen (secondary N) is 1. The van der Waals surface area contributed by atoms with Crippen molar-refractivity contribution < 1.29 is 14.3 Å². The van der Waals surface area contributed by atoms with Crippen molar-refractivity contribution in [2.75, 3.05) is 13.2 Å². The van der Waals surface area contributed by atoms with Crippen molar-refractivity contribution in [1.29, 1.82) is 0 Å². The van der Waals surface area contributed by atoms with Crippen LogP contribution in [0.1, 0.15) is 11.1 Å². The van der Waals surface area contributed by atoms with E-state index in [1.165, 1.54) is 11.8 Å². The maximum absolute atomic E-state index is 10.6. The molecule has 2 amide bonds. The predicted molar refractivity (Wildman–Crippen MR) is 88.9 cm³/mol. The Bertz CT molecular complexity index is 669. The normalized spacial score (nSPS) is 10.5. The summed E-state index contributed by atoms with van der Waals surface area (Å²) in [6.45, 7) is 2.84. The summed E-state index contributed by atoms with van der Waals surface area (Å²) >= 11 is 0. The Hall–Kier alpha value is -3.02. The maximum atomic E-state index is 10.6. The summed E-state index contributed by atoms with van der Waals surface area (Å²) in [4.78, 5) is 10.6. The van der Waals surface area contributed by atoms with E-state index in [4.69, 9.17) is 15.2 Å². The Morgan fingerprint density at radius 1 is 1.13 bits per heavy atom. The van der Waals surface area contributed by atoms with Gasteiger partial charge in [-0.05, 0) is 31.2 Å². The fraction of sp³-hybridized carbons (Fsp3) is 0.176. The molecule has 120 valence electrons. The zero-order valence-corrected chi connectivity index (χ0v) is 12.9. The lowest BCUT2D eigenvalue weighted by Gasteiger charge is -2.10. The number of nitrogens with two attached hydrogens (primary N) is 1. The molecule has 0 saturated carbocycles. The van der Waals surface area contributed by atoms with Crippen LogP contribution in [0.15, 0.2) is 53.6 Å². The minimum Gasteiger partial charge on any atom is -0.490 e. The molecule has 0 spiro atoms. The first-order valence-electron chi connectivity index (χ1n) is 7.15. The van der Waals surface area contributed by atoms with Crippen molar-refractivity contribution in [2.45, 2.75) is 6.92 Å². The number of primary amides is 1. The van der Waals surface area contributed by atoms with Gasteiger partial charge in [-0.25, -0.2) is 10.2 Å². The van der Waals surface area contributed by atoms with Crippen LogP contribution in [0.25, 0.3) is 0 Å². The maximum Gasteiger partial charge on any atom is 0.332 e. The van der Waals surface area contributed by atoms with E-state index < -0.39 is 6.03 Å².